The largest absolute Gasteiger partial charge is 0.465 e. The molecule has 2 amide bonds. The monoisotopic (exact) mass is 437 g/mol. The van der Waals surface area contributed by atoms with Gasteiger partial charge in [0.15, 0.2) is 0 Å². The van der Waals surface area contributed by atoms with E-state index in [9.17, 15) is 14.4 Å². The third-order valence-electron chi connectivity index (χ3n) is 5.91. The number of ether oxygens (including phenoxy) is 1. The Morgan fingerprint density at radius 2 is 1.75 bits per heavy atom. The number of piperidine rings is 1. The lowest BCUT2D eigenvalue weighted by Gasteiger charge is -2.33. The molecule has 0 saturated carbocycles. The van der Waals surface area contributed by atoms with Gasteiger partial charge in [0.1, 0.15) is 0 Å². The second-order valence-corrected chi connectivity index (χ2v) is 8.30. The number of amides is 2. The number of aryl methyl sites for hydroxylation is 2. The van der Waals surface area contributed by atoms with Gasteiger partial charge in [-0.2, -0.15) is 0 Å². The minimum atomic E-state index is -0.456. The number of likely N-dealkylation sites (tertiary alicyclic amines) is 1. The molecule has 7 heteroatoms. The maximum absolute atomic E-state index is 12.9. The number of nitrogens with zero attached hydrogens (tertiary/aromatic N) is 1. The molecule has 1 atom stereocenters. The Balaban J connectivity index is 1.62. The Kier molecular flexibility index (Phi) is 7.51. The predicted molar refractivity (Wildman–Crippen MR) is 125 cm³/mol. The zero-order valence-electron chi connectivity index (χ0n) is 19.2. The third kappa shape index (κ3) is 5.46. The summed E-state index contributed by atoms with van der Waals surface area (Å²) < 4.78 is 4.73. The number of methoxy groups -OCH3 is 1. The van der Waals surface area contributed by atoms with Crippen LogP contribution in [0.2, 0.25) is 0 Å². The van der Waals surface area contributed by atoms with Gasteiger partial charge in [-0.15, -0.1) is 0 Å². The maximum Gasteiger partial charge on any atom is 0.337 e. The number of anilines is 2. The first-order chi connectivity index (χ1) is 15.3. The summed E-state index contributed by atoms with van der Waals surface area (Å²) in [5.41, 5.74) is 4.15. The number of hydrogen-bond acceptors (Lipinski definition) is 5. The molecule has 7 nitrogen and oxygen atoms in total. The summed E-state index contributed by atoms with van der Waals surface area (Å²) in [5, 5.41) is 5.95. The van der Waals surface area contributed by atoms with Crippen molar-refractivity contribution in [3.05, 3.63) is 58.7 Å². The van der Waals surface area contributed by atoms with Gasteiger partial charge in [-0.25, -0.2) is 4.79 Å². The lowest BCUT2D eigenvalue weighted by molar-refractivity contribution is -0.114. The van der Waals surface area contributed by atoms with E-state index in [1.807, 2.05) is 30.9 Å². The first-order valence-corrected chi connectivity index (χ1v) is 10.9. The zero-order valence-corrected chi connectivity index (χ0v) is 19.2. The van der Waals surface area contributed by atoms with Crippen LogP contribution in [-0.4, -0.2) is 48.9 Å². The zero-order chi connectivity index (χ0) is 23.3. The molecule has 2 N–H and O–H groups in total. The van der Waals surface area contributed by atoms with Crippen LogP contribution in [-0.2, 0) is 9.53 Å². The van der Waals surface area contributed by atoms with E-state index < -0.39 is 5.97 Å². The number of hydrogen-bond donors (Lipinski definition) is 2. The van der Waals surface area contributed by atoms with Crippen LogP contribution < -0.4 is 10.6 Å². The van der Waals surface area contributed by atoms with Crippen LogP contribution in [0.4, 0.5) is 11.4 Å². The summed E-state index contributed by atoms with van der Waals surface area (Å²) in [5.74, 6) is -0.634. The highest BCUT2D eigenvalue weighted by atomic mass is 16.5. The molecule has 0 bridgehead atoms. The molecule has 32 heavy (non-hydrogen) atoms. The fraction of sp³-hybridized carbons (Fsp3) is 0.400. The van der Waals surface area contributed by atoms with Gasteiger partial charge in [-0.3, -0.25) is 9.59 Å². The van der Waals surface area contributed by atoms with E-state index in [-0.39, 0.29) is 24.4 Å². The van der Waals surface area contributed by atoms with E-state index in [2.05, 4.69) is 17.6 Å². The number of rotatable bonds is 6. The molecule has 1 aliphatic rings. The highest BCUT2D eigenvalue weighted by Gasteiger charge is 2.24. The van der Waals surface area contributed by atoms with Gasteiger partial charge in [-0.05, 0) is 81.5 Å². The predicted octanol–water partition coefficient (Wildman–Crippen LogP) is 4.16. The quantitative estimate of drug-likeness (QED) is 0.663. The SMILES string of the molecule is COC(=O)c1ccc(C)c(NC(=O)CNc2ccc(C(=O)N3CCCCC3C)cc2C)c1. The van der Waals surface area contributed by atoms with Crippen molar-refractivity contribution in [1.82, 2.24) is 4.90 Å². The molecule has 3 rings (SSSR count). The maximum atomic E-state index is 12.9. The topological polar surface area (TPSA) is 87.7 Å². The molecule has 1 aliphatic heterocycles. The van der Waals surface area contributed by atoms with Gasteiger partial charge in [-0.1, -0.05) is 6.07 Å². The van der Waals surface area contributed by atoms with Crippen molar-refractivity contribution in [3.8, 4) is 0 Å². The average Bonchev–Trinajstić information content (AvgIpc) is 2.79. The first-order valence-electron chi connectivity index (χ1n) is 10.9. The van der Waals surface area contributed by atoms with Gasteiger partial charge in [0.2, 0.25) is 5.91 Å². The first kappa shape index (κ1) is 23.3. The van der Waals surface area contributed by atoms with Crippen LogP contribution in [0.15, 0.2) is 36.4 Å². The Morgan fingerprint density at radius 1 is 1.00 bits per heavy atom. The summed E-state index contributed by atoms with van der Waals surface area (Å²) >= 11 is 0. The number of benzene rings is 2. The standard InChI is InChI=1S/C25H31N3O4/c1-16-8-9-20(25(31)32-4)14-22(16)27-23(29)15-26-21-11-10-19(13-17(21)2)24(30)28-12-6-5-7-18(28)3/h8-11,13-14,18,26H,5-7,12,15H2,1-4H3,(H,27,29). The molecule has 0 aromatic heterocycles. The fourth-order valence-corrected chi connectivity index (χ4v) is 3.93. The highest BCUT2D eigenvalue weighted by molar-refractivity contribution is 5.97. The summed E-state index contributed by atoms with van der Waals surface area (Å²) in [6, 6.07) is 10.8. The van der Waals surface area contributed by atoms with Crippen molar-refractivity contribution in [2.75, 3.05) is 30.8 Å². The lowest BCUT2D eigenvalue weighted by atomic mass is 10.0. The van der Waals surface area contributed by atoms with Crippen LogP contribution >= 0.6 is 0 Å². The van der Waals surface area contributed by atoms with Crippen LogP contribution in [0.1, 0.15) is 58.0 Å². The Hall–Kier alpha value is -3.35. The Labute approximate surface area is 189 Å². The van der Waals surface area contributed by atoms with Crippen molar-refractivity contribution < 1.29 is 19.1 Å². The van der Waals surface area contributed by atoms with Crippen LogP contribution in [0.5, 0.6) is 0 Å². The minimum absolute atomic E-state index is 0.0547. The van der Waals surface area contributed by atoms with Gasteiger partial charge in [0.25, 0.3) is 5.91 Å². The Morgan fingerprint density at radius 3 is 2.44 bits per heavy atom. The molecule has 0 spiro atoms. The van der Waals surface area contributed by atoms with Crippen molar-refractivity contribution in [1.29, 1.82) is 0 Å². The molecule has 2 aromatic rings. The van der Waals surface area contributed by atoms with Crippen LogP contribution in [0.3, 0.4) is 0 Å². The fourth-order valence-electron chi connectivity index (χ4n) is 3.93. The average molecular weight is 438 g/mol. The van der Waals surface area contributed by atoms with E-state index in [0.29, 0.717) is 16.8 Å². The number of carbonyl (C=O) groups excluding carboxylic acids is 3. The van der Waals surface area contributed by atoms with E-state index in [4.69, 9.17) is 4.74 Å². The summed E-state index contributed by atoms with van der Waals surface area (Å²) in [4.78, 5) is 39.0. The van der Waals surface area contributed by atoms with E-state index in [1.165, 1.54) is 13.5 Å². The van der Waals surface area contributed by atoms with Gasteiger partial charge < -0.3 is 20.3 Å². The second-order valence-electron chi connectivity index (χ2n) is 8.30. The molecule has 1 unspecified atom stereocenters. The lowest BCUT2D eigenvalue weighted by Crippen LogP contribution is -2.42. The molecular weight excluding hydrogens is 406 g/mol. The molecule has 1 saturated heterocycles. The smallest absolute Gasteiger partial charge is 0.337 e. The van der Waals surface area contributed by atoms with Crippen LogP contribution in [0, 0.1) is 13.8 Å². The van der Waals surface area contributed by atoms with Gasteiger partial charge in [0, 0.05) is 29.5 Å². The highest BCUT2D eigenvalue weighted by Crippen LogP contribution is 2.22. The van der Waals surface area contributed by atoms with Gasteiger partial charge in [0.05, 0.1) is 19.2 Å². The van der Waals surface area contributed by atoms with Crippen molar-refractivity contribution in [2.45, 2.75) is 46.1 Å². The van der Waals surface area contributed by atoms with Crippen LogP contribution in [0.25, 0.3) is 0 Å². The molecule has 2 aromatic carbocycles. The minimum Gasteiger partial charge on any atom is -0.465 e. The van der Waals surface area contributed by atoms with Crippen molar-refractivity contribution in [2.24, 2.45) is 0 Å². The van der Waals surface area contributed by atoms with E-state index in [0.717, 1.165) is 36.2 Å². The van der Waals surface area contributed by atoms with E-state index >= 15 is 0 Å². The molecular formula is C25H31N3O4. The number of carbonyl (C=O) groups is 3. The second kappa shape index (κ2) is 10.3. The molecule has 1 heterocycles. The van der Waals surface area contributed by atoms with Crippen molar-refractivity contribution in [3.63, 3.8) is 0 Å². The number of nitrogens with one attached hydrogen (secondary N) is 2. The van der Waals surface area contributed by atoms with Crippen molar-refractivity contribution >= 4 is 29.2 Å². The molecule has 0 radical (unpaired) electrons. The molecule has 0 aliphatic carbocycles. The van der Waals surface area contributed by atoms with E-state index in [1.54, 1.807) is 24.3 Å². The summed E-state index contributed by atoms with van der Waals surface area (Å²) in [7, 11) is 1.32. The summed E-state index contributed by atoms with van der Waals surface area (Å²) in [6.07, 6.45) is 3.26. The van der Waals surface area contributed by atoms with Gasteiger partial charge >= 0.3 is 5.97 Å². The Bertz CT molecular complexity index is 1020. The summed E-state index contributed by atoms with van der Waals surface area (Å²) in [6.45, 7) is 6.73. The normalized spacial score (nSPS) is 15.8. The third-order valence-corrected chi connectivity index (χ3v) is 5.91. The molecule has 1 fully saturated rings. The molecule has 170 valence electrons. The number of esters is 1.